The van der Waals surface area contributed by atoms with Gasteiger partial charge in [-0.15, -0.1) is 0 Å². The van der Waals surface area contributed by atoms with E-state index in [0.29, 0.717) is 0 Å². The number of cyclic esters (lactones) is 3. The molecule has 144 valence electrons. The molecule has 2 aliphatic rings. The average Bonchev–Trinajstić information content (AvgIpc) is 3.08. The predicted octanol–water partition coefficient (Wildman–Crippen LogP) is 3.03. The van der Waals surface area contributed by atoms with Crippen molar-refractivity contribution in [2.75, 3.05) is 0 Å². The summed E-state index contributed by atoms with van der Waals surface area (Å²) in [5, 5.41) is 9.63. The van der Waals surface area contributed by atoms with Crippen molar-refractivity contribution in [2.45, 2.75) is 24.8 Å². The van der Waals surface area contributed by atoms with Crippen molar-refractivity contribution in [3.8, 4) is 0 Å². The Bertz CT molecular complexity index is 1060. The van der Waals surface area contributed by atoms with Gasteiger partial charge >= 0.3 is 24.1 Å². The summed E-state index contributed by atoms with van der Waals surface area (Å²) >= 11 is 0. The summed E-state index contributed by atoms with van der Waals surface area (Å²) in [6, 6.07) is 6.50. The van der Waals surface area contributed by atoms with Gasteiger partial charge in [0, 0.05) is 5.56 Å². The fourth-order valence-corrected chi connectivity index (χ4v) is 3.38. The van der Waals surface area contributed by atoms with Gasteiger partial charge in [0.15, 0.2) is 0 Å². The molecule has 0 bridgehead atoms. The number of hydrogen-bond donors (Lipinski definition) is 1. The molecule has 0 aromatic heterocycles. The molecule has 2 aromatic carbocycles. The van der Waals surface area contributed by atoms with Crippen LogP contribution in [-0.2, 0) is 14.9 Å². The number of ether oxygens (including phenoxy) is 2. The van der Waals surface area contributed by atoms with Crippen molar-refractivity contribution in [2.24, 2.45) is 0 Å². The molecule has 0 saturated carbocycles. The monoisotopic (exact) mass is 392 g/mol. The molecule has 2 unspecified atom stereocenters. The molecular weight excluding hydrogens is 381 g/mol. The standard InChI is InChI=1S/C19H11F3O6/c1-18(19(20,21)22,8-2-4-10-12(6-8)16(25)27-14(10)23)9-3-5-11-13(7-9)17(26)28-15(11)24/h2-7,14,23H,1H3. The largest absolute Gasteiger partial charge is 0.428 e. The van der Waals surface area contributed by atoms with Gasteiger partial charge in [0.25, 0.3) is 0 Å². The Morgan fingerprint density at radius 1 is 0.857 bits per heavy atom. The Hall–Kier alpha value is -3.20. The third kappa shape index (κ3) is 2.36. The summed E-state index contributed by atoms with van der Waals surface area (Å²) in [5.74, 6) is -2.88. The van der Waals surface area contributed by atoms with E-state index in [2.05, 4.69) is 9.47 Å². The highest BCUT2D eigenvalue weighted by atomic mass is 19.4. The van der Waals surface area contributed by atoms with Crippen LogP contribution in [0.25, 0.3) is 0 Å². The molecule has 4 rings (SSSR count). The normalized spacial score (nSPS) is 20.3. The molecule has 0 saturated heterocycles. The SMILES string of the molecule is CC(c1ccc2c(c1)C(=O)OC2=O)(c1ccc2c(c1)C(=O)OC2O)C(F)(F)F. The highest BCUT2D eigenvalue weighted by Crippen LogP contribution is 2.48. The lowest BCUT2D eigenvalue weighted by Gasteiger charge is -2.33. The van der Waals surface area contributed by atoms with Gasteiger partial charge in [0.05, 0.1) is 16.7 Å². The zero-order valence-corrected chi connectivity index (χ0v) is 14.2. The molecule has 9 heteroatoms. The number of fused-ring (bicyclic) bond motifs is 2. The molecule has 0 radical (unpaired) electrons. The maximum Gasteiger partial charge on any atom is 0.402 e. The molecule has 0 aliphatic carbocycles. The van der Waals surface area contributed by atoms with Gasteiger partial charge in [-0.2, -0.15) is 13.2 Å². The van der Waals surface area contributed by atoms with Gasteiger partial charge in [0.2, 0.25) is 6.29 Å². The fraction of sp³-hybridized carbons (Fsp3) is 0.211. The van der Waals surface area contributed by atoms with E-state index in [1.165, 1.54) is 6.07 Å². The van der Waals surface area contributed by atoms with Gasteiger partial charge in [-0.1, -0.05) is 18.2 Å². The third-order valence-electron chi connectivity index (χ3n) is 5.12. The summed E-state index contributed by atoms with van der Waals surface area (Å²) in [6.07, 6.45) is -6.35. The molecule has 0 fully saturated rings. The second-order valence-electron chi connectivity index (χ2n) is 6.62. The van der Waals surface area contributed by atoms with E-state index < -0.39 is 35.8 Å². The highest BCUT2D eigenvalue weighted by Gasteiger charge is 2.54. The number of esters is 3. The molecule has 6 nitrogen and oxygen atoms in total. The third-order valence-corrected chi connectivity index (χ3v) is 5.12. The summed E-state index contributed by atoms with van der Waals surface area (Å²) < 4.78 is 51.6. The van der Waals surface area contributed by atoms with Crippen molar-refractivity contribution in [1.82, 2.24) is 0 Å². The van der Waals surface area contributed by atoms with Gasteiger partial charge in [-0.3, -0.25) is 0 Å². The summed E-state index contributed by atoms with van der Waals surface area (Å²) in [5.41, 5.74) is -3.68. The topological polar surface area (TPSA) is 89.9 Å². The molecule has 0 amide bonds. The van der Waals surface area contributed by atoms with Crippen LogP contribution in [0, 0.1) is 0 Å². The first-order valence-electron chi connectivity index (χ1n) is 8.05. The Labute approximate surface area is 155 Å². The van der Waals surface area contributed by atoms with E-state index in [9.17, 15) is 32.7 Å². The zero-order chi connectivity index (χ0) is 20.4. The van der Waals surface area contributed by atoms with Gasteiger partial charge in [-0.05, 0) is 36.2 Å². The number of rotatable bonds is 2. The number of aliphatic hydroxyl groups is 1. The van der Waals surface area contributed by atoms with Crippen LogP contribution in [0.15, 0.2) is 36.4 Å². The van der Waals surface area contributed by atoms with E-state index in [4.69, 9.17) is 0 Å². The lowest BCUT2D eigenvalue weighted by atomic mass is 9.74. The van der Waals surface area contributed by atoms with Crippen molar-refractivity contribution >= 4 is 17.9 Å². The van der Waals surface area contributed by atoms with E-state index in [0.717, 1.165) is 37.3 Å². The van der Waals surface area contributed by atoms with Crippen LogP contribution in [0.5, 0.6) is 0 Å². The van der Waals surface area contributed by atoms with Crippen LogP contribution in [-0.4, -0.2) is 29.2 Å². The van der Waals surface area contributed by atoms with Crippen LogP contribution >= 0.6 is 0 Å². The number of benzene rings is 2. The Kier molecular flexibility index (Phi) is 3.67. The van der Waals surface area contributed by atoms with Crippen molar-refractivity contribution in [1.29, 1.82) is 0 Å². The van der Waals surface area contributed by atoms with Crippen LogP contribution in [0.2, 0.25) is 0 Å². The molecule has 28 heavy (non-hydrogen) atoms. The maximum atomic E-state index is 14.2. The quantitative estimate of drug-likeness (QED) is 0.624. The van der Waals surface area contributed by atoms with Crippen LogP contribution in [0.3, 0.4) is 0 Å². The van der Waals surface area contributed by atoms with Crippen LogP contribution < -0.4 is 0 Å². The van der Waals surface area contributed by atoms with Crippen molar-refractivity contribution < 1.29 is 42.1 Å². The fourth-order valence-electron chi connectivity index (χ4n) is 3.38. The first-order valence-corrected chi connectivity index (χ1v) is 8.05. The van der Waals surface area contributed by atoms with E-state index in [-0.39, 0.29) is 33.4 Å². The minimum absolute atomic E-state index is 0.0707. The molecule has 1 N–H and O–H groups in total. The van der Waals surface area contributed by atoms with Gasteiger partial charge in [0.1, 0.15) is 5.41 Å². The van der Waals surface area contributed by atoms with Gasteiger partial charge in [-0.25, -0.2) is 14.4 Å². The number of alkyl halides is 3. The molecule has 2 aliphatic heterocycles. The smallest absolute Gasteiger partial charge is 0.402 e. The lowest BCUT2D eigenvalue weighted by molar-refractivity contribution is -0.173. The minimum atomic E-state index is -4.82. The second kappa shape index (κ2) is 5.65. The highest BCUT2D eigenvalue weighted by molar-refractivity contribution is 6.14. The predicted molar refractivity (Wildman–Crippen MR) is 85.5 cm³/mol. The maximum absolute atomic E-state index is 14.2. The summed E-state index contributed by atoms with van der Waals surface area (Å²) in [6.45, 7) is 0.898. The first-order chi connectivity index (χ1) is 13.0. The first kappa shape index (κ1) is 18.2. The second-order valence-corrected chi connectivity index (χ2v) is 6.62. The molecule has 0 spiro atoms. The van der Waals surface area contributed by atoms with Crippen molar-refractivity contribution in [3.63, 3.8) is 0 Å². The minimum Gasteiger partial charge on any atom is -0.428 e. The van der Waals surface area contributed by atoms with E-state index >= 15 is 0 Å². The summed E-state index contributed by atoms with van der Waals surface area (Å²) in [4.78, 5) is 35.1. The Balaban J connectivity index is 1.92. The zero-order valence-electron chi connectivity index (χ0n) is 14.2. The van der Waals surface area contributed by atoms with Gasteiger partial charge < -0.3 is 14.6 Å². The van der Waals surface area contributed by atoms with E-state index in [1.807, 2.05) is 0 Å². The van der Waals surface area contributed by atoms with E-state index in [1.54, 1.807) is 0 Å². The summed E-state index contributed by atoms with van der Waals surface area (Å²) in [7, 11) is 0. The number of halogens is 3. The van der Waals surface area contributed by atoms with Crippen LogP contribution in [0.1, 0.15) is 61.0 Å². The molecule has 2 aromatic rings. The Morgan fingerprint density at radius 2 is 1.43 bits per heavy atom. The lowest BCUT2D eigenvalue weighted by Crippen LogP contribution is -2.41. The van der Waals surface area contributed by atoms with Crippen LogP contribution in [0.4, 0.5) is 13.2 Å². The Morgan fingerprint density at radius 3 is 2.07 bits per heavy atom. The molecule has 2 atom stereocenters. The number of aliphatic hydroxyl groups excluding tert-OH is 1. The average molecular weight is 392 g/mol. The number of carbonyl (C=O) groups is 3. The number of carbonyl (C=O) groups excluding carboxylic acids is 3. The number of hydrogen-bond acceptors (Lipinski definition) is 6. The molecular formula is C19H11F3O6. The van der Waals surface area contributed by atoms with Crippen molar-refractivity contribution in [3.05, 3.63) is 69.8 Å². The molecule has 2 heterocycles.